The van der Waals surface area contributed by atoms with Gasteiger partial charge in [0.2, 0.25) is 0 Å². The van der Waals surface area contributed by atoms with Gasteiger partial charge in [0.1, 0.15) is 0 Å². The second-order valence-corrected chi connectivity index (χ2v) is 4.83. The third-order valence-corrected chi connectivity index (χ3v) is 2.12. The Morgan fingerprint density at radius 1 is 1.36 bits per heavy atom. The summed E-state index contributed by atoms with van der Waals surface area (Å²) in [5.74, 6) is -0.0622. The molecule has 0 aromatic rings. The van der Waals surface area contributed by atoms with Crippen LogP contribution in [0, 0.1) is 0 Å². The maximum atomic E-state index is 11.3. The van der Waals surface area contributed by atoms with Crippen molar-refractivity contribution in [2.24, 2.45) is 0 Å². The maximum Gasteiger partial charge on any atom is 0.306 e. The molecule has 0 rings (SSSR count). The molecule has 3 heteroatoms. The fourth-order valence-corrected chi connectivity index (χ4v) is 1.06. The van der Waals surface area contributed by atoms with E-state index < -0.39 is 0 Å². The SMILES string of the molecule is CCC(C)OC(=O)CCC[N+](C)(C)C. The van der Waals surface area contributed by atoms with Crippen molar-refractivity contribution >= 4 is 5.97 Å². The van der Waals surface area contributed by atoms with Gasteiger partial charge >= 0.3 is 5.97 Å². The molecule has 0 saturated heterocycles. The fourth-order valence-electron chi connectivity index (χ4n) is 1.06. The number of quaternary nitrogens is 1. The molecular weight excluding hydrogens is 178 g/mol. The molecule has 0 aromatic heterocycles. The van der Waals surface area contributed by atoms with Crippen molar-refractivity contribution < 1.29 is 14.0 Å². The summed E-state index contributed by atoms with van der Waals surface area (Å²) in [5, 5.41) is 0. The van der Waals surface area contributed by atoms with Crippen molar-refractivity contribution in [3.8, 4) is 0 Å². The molecule has 0 aliphatic heterocycles. The highest BCUT2D eigenvalue weighted by Crippen LogP contribution is 2.02. The van der Waals surface area contributed by atoms with Crippen molar-refractivity contribution in [1.82, 2.24) is 0 Å². The summed E-state index contributed by atoms with van der Waals surface area (Å²) >= 11 is 0. The summed E-state index contributed by atoms with van der Waals surface area (Å²) in [6.07, 6.45) is 2.39. The summed E-state index contributed by atoms with van der Waals surface area (Å²) in [5.41, 5.74) is 0. The Bertz CT molecular complexity index is 173. The molecule has 0 radical (unpaired) electrons. The van der Waals surface area contributed by atoms with Crippen LogP contribution in [-0.4, -0.2) is 44.2 Å². The zero-order chi connectivity index (χ0) is 11.2. The molecule has 1 atom stereocenters. The van der Waals surface area contributed by atoms with Crippen molar-refractivity contribution in [2.75, 3.05) is 27.7 Å². The second kappa shape index (κ2) is 6.02. The van der Waals surface area contributed by atoms with Gasteiger partial charge in [0.25, 0.3) is 0 Å². The monoisotopic (exact) mass is 202 g/mol. The van der Waals surface area contributed by atoms with Crippen LogP contribution in [0.5, 0.6) is 0 Å². The second-order valence-electron chi connectivity index (χ2n) is 4.83. The lowest BCUT2D eigenvalue weighted by molar-refractivity contribution is -0.870. The number of hydrogen-bond donors (Lipinski definition) is 0. The lowest BCUT2D eigenvalue weighted by atomic mass is 10.2. The Morgan fingerprint density at radius 3 is 2.36 bits per heavy atom. The van der Waals surface area contributed by atoms with Gasteiger partial charge in [-0.1, -0.05) is 6.92 Å². The number of carbonyl (C=O) groups is 1. The molecular formula is C11H24NO2+. The van der Waals surface area contributed by atoms with Crippen LogP contribution in [0.2, 0.25) is 0 Å². The van der Waals surface area contributed by atoms with E-state index in [0.29, 0.717) is 6.42 Å². The molecule has 0 amide bonds. The molecule has 0 aliphatic carbocycles. The first-order valence-corrected chi connectivity index (χ1v) is 5.35. The minimum Gasteiger partial charge on any atom is -0.463 e. The predicted molar refractivity (Wildman–Crippen MR) is 58.0 cm³/mol. The maximum absolute atomic E-state index is 11.3. The highest BCUT2D eigenvalue weighted by molar-refractivity contribution is 5.69. The third kappa shape index (κ3) is 8.05. The van der Waals surface area contributed by atoms with E-state index in [-0.39, 0.29) is 12.1 Å². The van der Waals surface area contributed by atoms with E-state index in [1.165, 1.54) is 0 Å². The summed E-state index contributed by atoms with van der Waals surface area (Å²) < 4.78 is 6.07. The zero-order valence-electron chi connectivity index (χ0n) is 10.2. The number of ether oxygens (including phenoxy) is 1. The Morgan fingerprint density at radius 2 is 1.93 bits per heavy atom. The lowest BCUT2D eigenvalue weighted by Crippen LogP contribution is -2.35. The first-order chi connectivity index (χ1) is 6.35. The molecule has 0 aromatic carbocycles. The van der Waals surface area contributed by atoms with Crippen molar-refractivity contribution in [3.63, 3.8) is 0 Å². The van der Waals surface area contributed by atoms with Gasteiger partial charge in [-0.25, -0.2) is 0 Å². The number of nitrogens with zero attached hydrogens (tertiary/aromatic N) is 1. The molecule has 84 valence electrons. The van der Waals surface area contributed by atoms with Gasteiger partial charge < -0.3 is 9.22 Å². The third-order valence-electron chi connectivity index (χ3n) is 2.12. The summed E-state index contributed by atoms with van der Waals surface area (Å²) in [6.45, 7) is 4.96. The smallest absolute Gasteiger partial charge is 0.306 e. The Hall–Kier alpha value is -0.570. The summed E-state index contributed by atoms with van der Waals surface area (Å²) in [7, 11) is 6.38. The molecule has 0 aliphatic rings. The molecule has 0 heterocycles. The number of rotatable bonds is 6. The van der Waals surface area contributed by atoms with Crippen LogP contribution in [0.1, 0.15) is 33.1 Å². The lowest BCUT2D eigenvalue weighted by Gasteiger charge is -2.23. The van der Waals surface area contributed by atoms with Gasteiger partial charge in [0, 0.05) is 6.42 Å². The fraction of sp³-hybridized carbons (Fsp3) is 0.909. The van der Waals surface area contributed by atoms with E-state index in [4.69, 9.17) is 4.74 Å². The van der Waals surface area contributed by atoms with Crippen LogP contribution in [0.25, 0.3) is 0 Å². The van der Waals surface area contributed by atoms with Gasteiger partial charge in [0.05, 0.1) is 40.2 Å². The zero-order valence-corrected chi connectivity index (χ0v) is 10.2. The summed E-state index contributed by atoms with van der Waals surface area (Å²) in [4.78, 5) is 11.3. The van der Waals surface area contributed by atoms with Crippen molar-refractivity contribution in [3.05, 3.63) is 0 Å². The molecule has 1 unspecified atom stereocenters. The van der Waals surface area contributed by atoms with E-state index in [1.54, 1.807) is 0 Å². The average molecular weight is 202 g/mol. The molecule has 0 bridgehead atoms. The average Bonchev–Trinajstić information content (AvgIpc) is 2.01. The van der Waals surface area contributed by atoms with Crippen LogP contribution in [0.15, 0.2) is 0 Å². The number of esters is 1. The molecule has 14 heavy (non-hydrogen) atoms. The molecule has 0 N–H and O–H groups in total. The first-order valence-electron chi connectivity index (χ1n) is 5.35. The largest absolute Gasteiger partial charge is 0.463 e. The van der Waals surface area contributed by atoms with Crippen LogP contribution in [0.3, 0.4) is 0 Å². The van der Waals surface area contributed by atoms with Gasteiger partial charge in [-0.05, 0) is 13.3 Å². The van der Waals surface area contributed by atoms with Gasteiger partial charge in [-0.3, -0.25) is 4.79 Å². The number of hydrogen-bond acceptors (Lipinski definition) is 2. The highest BCUT2D eigenvalue weighted by Gasteiger charge is 2.11. The van der Waals surface area contributed by atoms with Crippen LogP contribution in [0.4, 0.5) is 0 Å². The van der Waals surface area contributed by atoms with Gasteiger partial charge in [0.15, 0.2) is 0 Å². The van der Waals surface area contributed by atoms with Gasteiger partial charge in [-0.2, -0.15) is 0 Å². The topological polar surface area (TPSA) is 26.3 Å². The quantitative estimate of drug-likeness (QED) is 0.485. The summed E-state index contributed by atoms with van der Waals surface area (Å²) in [6, 6.07) is 0. The highest BCUT2D eigenvalue weighted by atomic mass is 16.5. The Kier molecular flexibility index (Phi) is 5.77. The van der Waals surface area contributed by atoms with E-state index in [1.807, 2.05) is 13.8 Å². The van der Waals surface area contributed by atoms with Crippen molar-refractivity contribution in [1.29, 1.82) is 0 Å². The van der Waals surface area contributed by atoms with Crippen LogP contribution < -0.4 is 0 Å². The van der Waals surface area contributed by atoms with E-state index in [0.717, 1.165) is 23.9 Å². The van der Waals surface area contributed by atoms with E-state index in [9.17, 15) is 4.79 Å². The van der Waals surface area contributed by atoms with E-state index in [2.05, 4.69) is 21.1 Å². The minimum atomic E-state index is -0.0622. The molecule has 3 nitrogen and oxygen atoms in total. The minimum absolute atomic E-state index is 0.0617. The number of carbonyl (C=O) groups excluding carboxylic acids is 1. The predicted octanol–water partition coefficient (Wildman–Crippen LogP) is 1.81. The van der Waals surface area contributed by atoms with Crippen LogP contribution in [-0.2, 0) is 9.53 Å². The van der Waals surface area contributed by atoms with Gasteiger partial charge in [-0.15, -0.1) is 0 Å². The van der Waals surface area contributed by atoms with Crippen molar-refractivity contribution in [2.45, 2.75) is 39.2 Å². The molecule has 0 saturated carbocycles. The van der Waals surface area contributed by atoms with Crippen LogP contribution >= 0.6 is 0 Å². The first kappa shape index (κ1) is 13.4. The van der Waals surface area contributed by atoms with E-state index >= 15 is 0 Å². The Labute approximate surface area is 87.6 Å². The standard InChI is InChI=1S/C11H24NO2/c1-6-10(2)14-11(13)8-7-9-12(3,4)5/h10H,6-9H2,1-5H3/q+1. The molecule has 0 fully saturated rings. The molecule has 0 spiro atoms. The Balaban J connectivity index is 3.55. The normalized spacial score (nSPS) is 13.8.